The summed E-state index contributed by atoms with van der Waals surface area (Å²) < 4.78 is 30.2. The number of carbonyl (C=O) groups excluding carboxylic acids is 1. The molecule has 2 aromatic rings. The number of imidazole rings is 1. The molecule has 1 aliphatic rings. The maximum atomic E-state index is 12.3. The number of fused-ring (bicyclic) bond motifs is 1. The summed E-state index contributed by atoms with van der Waals surface area (Å²) in [6.07, 6.45) is 3.95. The summed E-state index contributed by atoms with van der Waals surface area (Å²) in [4.78, 5) is 26.3. The average molecular weight is 352 g/mol. The van der Waals surface area contributed by atoms with Gasteiger partial charge in [-0.15, -0.1) is 0 Å². The van der Waals surface area contributed by atoms with Gasteiger partial charge < -0.3 is 9.72 Å². The number of nitrogens with one attached hydrogen (secondary N) is 1. The van der Waals surface area contributed by atoms with Crippen molar-refractivity contribution in [3.63, 3.8) is 0 Å². The summed E-state index contributed by atoms with van der Waals surface area (Å²) in [6, 6.07) is 4.70. The third kappa shape index (κ3) is 3.24. The zero-order valence-corrected chi connectivity index (χ0v) is 14.4. The predicted octanol–water partition coefficient (Wildman–Crippen LogP) is 1.78. The van der Waals surface area contributed by atoms with E-state index in [2.05, 4.69) is 4.98 Å². The van der Waals surface area contributed by atoms with Gasteiger partial charge in [0.05, 0.1) is 15.9 Å². The standard InChI is InChI=1S/C16H20N2O5S/c1-10(19)23-12-5-3-11(4-6-12)18-15-8-7-13(24(2,21)22)9-14(15)17-16(18)20/h7-9,11-12H,3-6H2,1-2H3,(H,17,20)/t11-,12-. The van der Waals surface area contributed by atoms with Gasteiger partial charge in [-0.25, -0.2) is 13.2 Å². The summed E-state index contributed by atoms with van der Waals surface area (Å²) in [6.45, 7) is 1.40. The van der Waals surface area contributed by atoms with Crippen molar-refractivity contribution in [2.75, 3.05) is 6.26 Å². The minimum atomic E-state index is -3.32. The van der Waals surface area contributed by atoms with Crippen LogP contribution in [0.5, 0.6) is 0 Å². The van der Waals surface area contributed by atoms with Crippen LogP contribution < -0.4 is 5.69 Å². The first-order valence-corrected chi connectivity index (χ1v) is 9.76. The fourth-order valence-electron chi connectivity index (χ4n) is 3.36. The molecular weight excluding hydrogens is 332 g/mol. The second kappa shape index (κ2) is 6.08. The van der Waals surface area contributed by atoms with E-state index in [1.54, 1.807) is 10.6 Å². The zero-order chi connectivity index (χ0) is 17.5. The molecule has 1 fully saturated rings. The van der Waals surface area contributed by atoms with Gasteiger partial charge in [0.15, 0.2) is 9.84 Å². The normalized spacial score (nSPS) is 21.8. The van der Waals surface area contributed by atoms with Crippen molar-refractivity contribution in [1.82, 2.24) is 9.55 Å². The second-order valence-corrected chi connectivity index (χ2v) is 8.31. The fourth-order valence-corrected chi connectivity index (χ4v) is 4.01. The van der Waals surface area contributed by atoms with Gasteiger partial charge in [0.2, 0.25) is 0 Å². The molecule has 1 aromatic heterocycles. The van der Waals surface area contributed by atoms with Crippen LogP contribution in [-0.2, 0) is 19.4 Å². The molecule has 0 radical (unpaired) electrons. The highest BCUT2D eigenvalue weighted by atomic mass is 32.2. The van der Waals surface area contributed by atoms with Crippen molar-refractivity contribution < 1.29 is 17.9 Å². The van der Waals surface area contributed by atoms with Gasteiger partial charge in [-0.2, -0.15) is 0 Å². The van der Waals surface area contributed by atoms with E-state index in [9.17, 15) is 18.0 Å². The summed E-state index contributed by atoms with van der Waals surface area (Å²) in [7, 11) is -3.32. The molecule has 1 heterocycles. The first kappa shape index (κ1) is 16.8. The quantitative estimate of drug-likeness (QED) is 0.849. The predicted molar refractivity (Wildman–Crippen MR) is 88.7 cm³/mol. The minimum Gasteiger partial charge on any atom is -0.463 e. The van der Waals surface area contributed by atoms with E-state index in [4.69, 9.17) is 4.74 Å². The molecule has 0 bridgehead atoms. The number of rotatable bonds is 3. The fraction of sp³-hybridized carbons (Fsp3) is 0.500. The van der Waals surface area contributed by atoms with Gasteiger partial charge in [-0.1, -0.05) is 0 Å². The van der Waals surface area contributed by atoms with Crippen LogP contribution in [0.25, 0.3) is 11.0 Å². The van der Waals surface area contributed by atoms with E-state index in [0.29, 0.717) is 23.9 Å². The number of benzene rings is 1. The number of aromatic amines is 1. The molecule has 0 unspecified atom stereocenters. The van der Waals surface area contributed by atoms with Crippen molar-refractivity contribution in [3.05, 3.63) is 28.7 Å². The third-order valence-electron chi connectivity index (χ3n) is 4.46. The monoisotopic (exact) mass is 352 g/mol. The highest BCUT2D eigenvalue weighted by molar-refractivity contribution is 7.90. The van der Waals surface area contributed by atoms with Crippen LogP contribution in [0.15, 0.2) is 27.9 Å². The van der Waals surface area contributed by atoms with Crippen LogP contribution >= 0.6 is 0 Å². The molecule has 7 nitrogen and oxygen atoms in total. The lowest BCUT2D eigenvalue weighted by Crippen LogP contribution is -2.29. The van der Waals surface area contributed by atoms with Gasteiger partial charge in [0.1, 0.15) is 6.10 Å². The summed E-state index contributed by atoms with van der Waals surface area (Å²) in [5, 5.41) is 0. The molecule has 0 aliphatic heterocycles. The van der Waals surface area contributed by atoms with Gasteiger partial charge >= 0.3 is 11.7 Å². The van der Waals surface area contributed by atoms with Crippen molar-refractivity contribution in [2.24, 2.45) is 0 Å². The van der Waals surface area contributed by atoms with Crippen molar-refractivity contribution >= 4 is 26.8 Å². The number of ether oxygens (including phenoxy) is 1. The number of nitrogens with zero attached hydrogens (tertiary/aromatic N) is 1. The Labute approximate surface area is 139 Å². The molecule has 1 N–H and O–H groups in total. The highest BCUT2D eigenvalue weighted by Crippen LogP contribution is 2.31. The Morgan fingerprint density at radius 2 is 1.92 bits per heavy atom. The largest absolute Gasteiger partial charge is 0.463 e. The van der Waals surface area contributed by atoms with Gasteiger partial charge in [0, 0.05) is 19.2 Å². The summed E-state index contributed by atoms with van der Waals surface area (Å²) in [5.74, 6) is -0.281. The van der Waals surface area contributed by atoms with E-state index in [0.717, 1.165) is 19.1 Å². The molecule has 1 saturated carbocycles. The molecule has 0 saturated heterocycles. The number of carbonyl (C=O) groups is 1. The molecule has 1 aliphatic carbocycles. The van der Waals surface area contributed by atoms with Gasteiger partial charge in [-0.05, 0) is 43.9 Å². The maximum Gasteiger partial charge on any atom is 0.326 e. The molecule has 1 aromatic carbocycles. The lowest BCUT2D eigenvalue weighted by Gasteiger charge is -2.28. The van der Waals surface area contributed by atoms with E-state index >= 15 is 0 Å². The number of aromatic nitrogens is 2. The first-order chi connectivity index (χ1) is 11.3. The van der Waals surface area contributed by atoms with E-state index in [-0.39, 0.29) is 28.7 Å². The molecule has 130 valence electrons. The second-order valence-electron chi connectivity index (χ2n) is 6.29. The van der Waals surface area contributed by atoms with Crippen molar-refractivity contribution in [1.29, 1.82) is 0 Å². The first-order valence-electron chi connectivity index (χ1n) is 7.87. The van der Waals surface area contributed by atoms with Crippen LogP contribution in [0.2, 0.25) is 0 Å². The highest BCUT2D eigenvalue weighted by Gasteiger charge is 2.26. The van der Waals surface area contributed by atoms with E-state index < -0.39 is 9.84 Å². The number of hydrogen-bond donors (Lipinski definition) is 1. The smallest absolute Gasteiger partial charge is 0.326 e. The Bertz CT molecular complexity index is 933. The lowest BCUT2D eigenvalue weighted by atomic mass is 9.92. The molecule has 3 rings (SSSR count). The number of esters is 1. The molecule has 0 amide bonds. The van der Waals surface area contributed by atoms with Gasteiger partial charge in [0.25, 0.3) is 0 Å². The Balaban J connectivity index is 1.90. The maximum absolute atomic E-state index is 12.3. The van der Waals surface area contributed by atoms with Crippen LogP contribution in [0.4, 0.5) is 0 Å². The zero-order valence-electron chi connectivity index (χ0n) is 13.6. The minimum absolute atomic E-state index is 0.0159. The topological polar surface area (TPSA) is 98.2 Å². The third-order valence-corrected chi connectivity index (χ3v) is 5.57. The van der Waals surface area contributed by atoms with Crippen LogP contribution in [-0.4, -0.2) is 36.3 Å². The Hall–Kier alpha value is -2.09. The number of hydrogen-bond acceptors (Lipinski definition) is 5. The van der Waals surface area contributed by atoms with Crippen molar-refractivity contribution in [3.8, 4) is 0 Å². The van der Waals surface area contributed by atoms with Gasteiger partial charge in [-0.3, -0.25) is 9.36 Å². The Kier molecular flexibility index (Phi) is 4.25. The molecule has 0 spiro atoms. The van der Waals surface area contributed by atoms with Crippen LogP contribution in [0.1, 0.15) is 38.6 Å². The van der Waals surface area contributed by atoms with E-state index in [1.807, 2.05) is 0 Å². The lowest BCUT2D eigenvalue weighted by molar-refractivity contribution is -0.148. The number of sulfone groups is 1. The molecule has 24 heavy (non-hydrogen) atoms. The molecule has 0 atom stereocenters. The molecule has 8 heteroatoms. The summed E-state index contributed by atoms with van der Waals surface area (Å²) >= 11 is 0. The van der Waals surface area contributed by atoms with E-state index in [1.165, 1.54) is 19.1 Å². The van der Waals surface area contributed by atoms with Crippen LogP contribution in [0.3, 0.4) is 0 Å². The average Bonchev–Trinajstić information content (AvgIpc) is 2.81. The summed E-state index contributed by atoms with van der Waals surface area (Å²) in [5.41, 5.74) is 0.972. The van der Waals surface area contributed by atoms with Crippen LogP contribution in [0, 0.1) is 0 Å². The Morgan fingerprint density at radius 1 is 1.25 bits per heavy atom. The van der Waals surface area contributed by atoms with Crippen molar-refractivity contribution in [2.45, 2.75) is 49.6 Å². The molecular formula is C16H20N2O5S. The SMILES string of the molecule is CC(=O)O[C@H]1CC[C@H](n2c(=O)[nH]c3cc(S(C)(=O)=O)ccc32)CC1. The number of H-pyrrole nitrogens is 1. The Morgan fingerprint density at radius 3 is 2.50 bits per heavy atom.